The van der Waals surface area contributed by atoms with Crippen LogP contribution >= 0.6 is 0 Å². The Balaban J connectivity index is 2.12. The van der Waals surface area contributed by atoms with Crippen LogP contribution in [0.2, 0.25) is 0 Å². The lowest BCUT2D eigenvalue weighted by Gasteiger charge is -2.32. The Labute approximate surface area is 114 Å². The molecule has 0 aliphatic carbocycles. The van der Waals surface area contributed by atoms with Gasteiger partial charge in [0.15, 0.2) is 11.5 Å². The predicted molar refractivity (Wildman–Crippen MR) is 73.5 cm³/mol. The van der Waals surface area contributed by atoms with Crippen LogP contribution in [-0.4, -0.2) is 34.4 Å². The zero-order valence-electron chi connectivity index (χ0n) is 12.4. The average Bonchev–Trinajstić information content (AvgIpc) is 2.48. The molecule has 0 saturated carbocycles. The van der Waals surface area contributed by atoms with Gasteiger partial charge in [-0.3, -0.25) is 0 Å². The number of hydrogen-bond donors (Lipinski definition) is 0. The Kier molecular flexibility index (Phi) is 3.58. The number of ether oxygens (including phenoxy) is 1. The topological polar surface area (TPSA) is 53.5 Å². The van der Waals surface area contributed by atoms with Crippen molar-refractivity contribution in [3.8, 4) is 5.75 Å². The molecule has 104 valence electrons. The first-order valence-electron chi connectivity index (χ1n) is 6.55. The highest BCUT2D eigenvalue weighted by Gasteiger charge is 2.53. The monoisotopic (exact) mass is 264 g/mol. The summed E-state index contributed by atoms with van der Waals surface area (Å²) >= 11 is 0. The SMILES string of the molecule is CC(C)Oc1cnc(B2OC(C)(C)C(C)(C)O2)nc1. The minimum Gasteiger partial charge on any atom is -0.488 e. The molecule has 6 heteroatoms. The standard InChI is InChI=1S/C13H21BN2O3/c1-9(2)17-10-7-15-11(16-8-10)14-18-12(3,4)13(5,6)19-14/h7-9H,1-6H3. The molecule has 2 rings (SSSR count). The van der Waals surface area contributed by atoms with Crippen LogP contribution in [0.4, 0.5) is 0 Å². The fraction of sp³-hybridized carbons (Fsp3) is 0.692. The predicted octanol–water partition coefficient (Wildman–Crippen LogP) is 1.56. The van der Waals surface area contributed by atoms with Crippen molar-refractivity contribution in [3.63, 3.8) is 0 Å². The zero-order valence-corrected chi connectivity index (χ0v) is 12.4. The second-order valence-corrected chi connectivity index (χ2v) is 6.03. The van der Waals surface area contributed by atoms with Gasteiger partial charge in [0, 0.05) is 0 Å². The third kappa shape index (κ3) is 2.90. The van der Waals surface area contributed by atoms with Crippen LogP contribution in [0.25, 0.3) is 0 Å². The van der Waals surface area contributed by atoms with E-state index in [0.717, 1.165) is 0 Å². The first-order valence-corrected chi connectivity index (χ1v) is 6.55. The normalized spacial score (nSPS) is 20.9. The van der Waals surface area contributed by atoms with Gasteiger partial charge in [0.05, 0.1) is 29.7 Å². The van der Waals surface area contributed by atoms with E-state index >= 15 is 0 Å². The van der Waals surface area contributed by atoms with Gasteiger partial charge >= 0.3 is 7.12 Å². The van der Waals surface area contributed by atoms with Gasteiger partial charge in [-0.25, -0.2) is 9.97 Å². The van der Waals surface area contributed by atoms with Crippen LogP contribution < -0.4 is 10.5 Å². The van der Waals surface area contributed by atoms with Crippen molar-refractivity contribution in [3.05, 3.63) is 12.4 Å². The van der Waals surface area contributed by atoms with Gasteiger partial charge in [0.1, 0.15) is 0 Å². The van der Waals surface area contributed by atoms with Crippen LogP contribution in [0.1, 0.15) is 41.5 Å². The molecule has 19 heavy (non-hydrogen) atoms. The van der Waals surface area contributed by atoms with E-state index in [0.29, 0.717) is 11.5 Å². The van der Waals surface area contributed by atoms with Crippen LogP contribution in [0.5, 0.6) is 5.75 Å². The van der Waals surface area contributed by atoms with Crippen molar-refractivity contribution in [1.82, 2.24) is 9.97 Å². The number of nitrogens with zero attached hydrogens (tertiary/aromatic N) is 2. The van der Waals surface area contributed by atoms with E-state index in [1.165, 1.54) is 0 Å². The summed E-state index contributed by atoms with van der Waals surface area (Å²) in [5.41, 5.74) is -0.239. The molecule has 0 aromatic carbocycles. The van der Waals surface area contributed by atoms with Crippen molar-refractivity contribution < 1.29 is 14.0 Å². The minimum atomic E-state index is -0.530. The molecule has 1 aromatic heterocycles. The molecule has 2 heterocycles. The number of aromatic nitrogens is 2. The molecule has 1 aliphatic rings. The van der Waals surface area contributed by atoms with Crippen molar-refractivity contribution in [1.29, 1.82) is 0 Å². The summed E-state index contributed by atoms with van der Waals surface area (Å²) in [4.78, 5) is 8.52. The largest absolute Gasteiger partial charge is 0.534 e. The number of rotatable bonds is 3. The Hall–Kier alpha value is -1.14. The molecule has 1 aliphatic heterocycles. The summed E-state index contributed by atoms with van der Waals surface area (Å²) in [5, 5.41) is 0. The number of hydrogen-bond acceptors (Lipinski definition) is 5. The van der Waals surface area contributed by atoms with E-state index in [9.17, 15) is 0 Å². The molecular formula is C13H21BN2O3. The van der Waals surface area contributed by atoms with Crippen molar-refractivity contribution >= 4 is 12.8 Å². The maximum absolute atomic E-state index is 5.88. The van der Waals surface area contributed by atoms with Crippen LogP contribution in [0.15, 0.2) is 12.4 Å². The molecule has 0 bridgehead atoms. The Morgan fingerprint density at radius 1 is 1.05 bits per heavy atom. The van der Waals surface area contributed by atoms with E-state index in [1.807, 2.05) is 41.5 Å². The van der Waals surface area contributed by atoms with Gasteiger partial charge in [0.25, 0.3) is 0 Å². The zero-order chi connectivity index (χ0) is 14.3. The van der Waals surface area contributed by atoms with Gasteiger partial charge in [-0.15, -0.1) is 0 Å². The van der Waals surface area contributed by atoms with Crippen molar-refractivity contribution in [2.45, 2.75) is 58.8 Å². The molecule has 5 nitrogen and oxygen atoms in total. The summed E-state index contributed by atoms with van der Waals surface area (Å²) in [6, 6.07) is 0. The lowest BCUT2D eigenvalue weighted by molar-refractivity contribution is 0.00578. The molecule has 1 saturated heterocycles. The summed E-state index contributed by atoms with van der Waals surface area (Å²) in [5.74, 6) is 0.648. The van der Waals surface area contributed by atoms with E-state index in [-0.39, 0.29) is 17.3 Å². The van der Waals surface area contributed by atoms with E-state index < -0.39 is 7.12 Å². The Morgan fingerprint density at radius 2 is 1.53 bits per heavy atom. The van der Waals surface area contributed by atoms with Gasteiger partial charge in [0.2, 0.25) is 0 Å². The van der Waals surface area contributed by atoms with Crippen molar-refractivity contribution in [2.24, 2.45) is 0 Å². The van der Waals surface area contributed by atoms with E-state index in [1.54, 1.807) is 12.4 Å². The average molecular weight is 264 g/mol. The molecule has 0 atom stereocenters. The lowest BCUT2D eigenvalue weighted by atomic mass is 9.89. The van der Waals surface area contributed by atoms with Gasteiger partial charge in [-0.05, 0) is 41.5 Å². The third-order valence-corrected chi connectivity index (χ3v) is 3.48. The van der Waals surface area contributed by atoms with Gasteiger partial charge in [-0.1, -0.05) is 0 Å². The third-order valence-electron chi connectivity index (χ3n) is 3.48. The highest BCUT2D eigenvalue weighted by atomic mass is 16.7. The molecule has 1 fully saturated rings. The smallest absolute Gasteiger partial charge is 0.488 e. The first-order chi connectivity index (χ1) is 8.71. The van der Waals surface area contributed by atoms with Crippen molar-refractivity contribution in [2.75, 3.05) is 0 Å². The summed E-state index contributed by atoms with van der Waals surface area (Å²) in [7, 11) is -0.530. The van der Waals surface area contributed by atoms with Gasteiger partial charge in [-0.2, -0.15) is 0 Å². The summed E-state index contributed by atoms with van der Waals surface area (Å²) in [6.07, 6.45) is 3.40. The van der Waals surface area contributed by atoms with Crippen LogP contribution in [-0.2, 0) is 9.31 Å². The van der Waals surface area contributed by atoms with E-state index in [4.69, 9.17) is 14.0 Å². The molecule has 0 N–H and O–H groups in total. The fourth-order valence-electron chi connectivity index (χ4n) is 1.73. The van der Waals surface area contributed by atoms with E-state index in [2.05, 4.69) is 9.97 Å². The fourth-order valence-corrected chi connectivity index (χ4v) is 1.73. The van der Waals surface area contributed by atoms with Crippen LogP contribution in [0, 0.1) is 0 Å². The maximum Gasteiger partial charge on any atom is 0.534 e. The highest BCUT2D eigenvalue weighted by Crippen LogP contribution is 2.36. The Morgan fingerprint density at radius 3 is 1.95 bits per heavy atom. The van der Waals surface area contributed by atoms with Gasteiger partial charge < -0.3 is 14.0 Å². The summed E-state index contributed by atoms with van der Waals surface area (Å²) < 4.78 is 17.3. The minimum absolute atomic E-state index is 0.103. The molecule has 0 unspecified atom stereocenters. The molecule has 0 amide bonds. The summed E-state index contributed by atoms with van der Waals surface area (Å²) in [6.45, 7) is 11.9. The highest BCUT2D eigenvalue weighted by molar-refractivity contribution is 6.60. The lowest BCUT2D eigenvalue weighted by Crippen LogP contribution is -2.41. The molecule has 0 spiro atoms. The molecular weight excluding hydrogens is 243 g/mol. The second-order valence-electron chi connectivity index (χ2n) is 6.03. The quantitative estimate of drug-likeness (QED) is 0.775. The van der Waals surface area contributed by atoms with Crippen LogP contribution in [0.3, 0.4) is 0 Å². The Bertz CT molecular complexity index is 430. The molecule has 0 radical (unpaired) electrons. The second kappa shape index (κ2) is 4.76. The maximum atomic E-state index is 5.88. The first kappa shape index (κ1) is 14.3. The molecule has 1 aromatic rings.